The molecule has 144 valence electrons. The predicted octanol–water partition coefficient (Wildman–Crippen LogP) is 4.41. The summed E-state index contributed by atoms with van der Waals surface area (Å²) in [6.45, 7) is 7.98. The first-order valence-corrected chi connectivity index (χ1v) is 11.0. The van der Waals surface area contributed by atoms with Crippen molar-refractivity contribution in [1.29, 1.82) is 0 Å². The lowest BCUT2D eigenvalue weighted by atomic mass is 9.93. The van der Waals surface area contributed by atoms with Gasteiger partial charge in [0.15, 0.2) is 5.13 Å². The summed E-state index contributed by atoms with van der Waals surface area (Å²) < 4.78 is 0. The molecule has 0 atom stereocenters. The Labute approximate surface area is 168 Å². The summed E-state index contributed by atoms with van der Waals surface area (Å²) >= 11 is 2.85. The van der Waals surface area contributed by atoms with Crippen molar-refractivity contribution in [1.82, 2.24) is 9.88 Å². The fourth-order valence-corrected chi connectivity index (χ4v) is 4.70. The van der Waals surface area contributed by atoms with Gasteiger partial charge >= 0.3 is 0 Å². The molecule has 0 radical (unpaired) electrons. The van der Waals surface area contributed by atoms with Crippen LogP contribution < -0.4 is 5.32 Å². The Morgan fingerprint density at radius 1 is 1.22 bits per heavy atom. The smallest absolute Gasteiger partial charge is 0.258 e. The zero-order valence-corrected chi connectivity index (χ0v) is 17.6. The van der Waals surface area contributed by atoms with Gasteiger partial charge in [0.05, 0.1) is 17.0 Å². The molecule has 0 aliphatic carbocycles. The largest absolute Gasteiger partial charge is 0.342 e. The molecule has 2 heterocycles. The molecular formula is C20H25N3O2S2. The molecule has 2 aromatic rings. The van der Waals surface area contributed by atoms with E-state index >= 15 is 0 Å². The minimum Gasteiger partial charge on any atom is -0.342 e. The van der Waals surface area contributed by atoms with E-state index in [9.17, 15) is 9.59 Å². The molecule has 1 N–H and O–H groups in total. The summed E-state index contributed by atoms with van der Waals surface area (Å²) in [5.41, 5.74) is 1.48. The monoisotopic (exact) mass is 403 g/mol. The van der Waals surface area contributed by atoms with Crippen molar-refractivity contribution < 1.29 is 9.59 Å². The number of nitrogens with zero attached hydrogens (tertiary/aromatic N) is 2. The van der Waals surface area contributed by atoms with Gasteiger partial charge in [-0.3, -0.25) is 14.9 Å². The number of aromatic nitrogens is 1. The average molecular weight is 404 g/mol. The van der Waals surface area contributed by atoms with Crippen LogP contribution in [0.5, 0.6) is 0 Å². The fourth-order valence-electron chi connectivity index (χ4n) is 2.82. The standard InChI is InChI=1S/C20H25N3O2S2/c1-20(2,3)16-12-27-19(21-16)22-18(25)14-8-4-5-9-15(14)26-13-17(24)23-10-6-7-11-23/h4-5,8-9,12H,6-7,10-11,13H2,1-3H3,(H,21,22,25). The second-order valence-electron chi connectivity index (χ2n) is 7.61. The van der Waals surface area contributed by atoms with Crippen LogP contribution in [0.4, 0.5) is 5.13 Å². The highest BCUT2D eigenvalue weighted by Crippen LogP contribution is 2.28. The van der Waals surface area contributed by atoms with E-state index in [2.05, 4.69) is 31.1 Å². The third-order valence-electron chi connectivity index (χ3n) is 4.43. The van der Waals surface area contributed by atoms with Crippen LogP contribution >= 0.6 is 23.1 Å². The van der Waals surface area contributed by atoms with Crippen molar-refractivity contribution in [2.24, 2.45) is 0 Å². The molecule has 1 saturated heterocycles. The van der Waals surface area contributed by atoms with E-state index in [0.29, 0.717) is 16.4 Å². The summed E-state index contributed by atoms with van der Waals surface area (Å²) in [6.07, 6.45) is 2.17. The lowest BCUT2D eigenvalue weighted by Gasteiger charge is -2.15. The number of carbonyl (C=O) groups is 2. The summed E-state index contributed by atoms with van der Waals surface area (Å²) in [7, 11) is 0. The van der Waals surface area contributed by atoms with E-state index in [0.717, 1.165) is 36.5 Å². The van der Waals surface area contributed by atoms with Crippen LogP contribution in [0.3, 0.4) is 0 Å². The van der Waals surface area contributed by atoms with Crippen LogP contribution in [0.25, 0.3) is 0 Å². The Morgan fingerprint density at radius 3 is 2.59 bits per heavy atom. The van der Waals surface area contributed by atoms with Gasteiger partial charge in [0, 0.05) is 28.8 Å². The van der Waals surface area contributed by atoms with Crippen molar-refractivity contribution in [3.63, 3.8) is 0 Å². The number of nitrogens with one attached hydrogen (secondary N) is 1. The zero-order chi connectivity index (χ0) is 19.4. The highest BCUT2D eigenvalue weighted by atomic mass is 32.2. The molecule has 5 nitrogen and oxygen atoms in total. The number of likely N-dealkylation sites (tertiary alicyclic amines) is 1. The Kier molecular flexibility index (Phi) is 6.22. The normalized spacial score (nSPS) is 14.4. The Hall–Kier alpha value is -1.86. The molecule has 27 heavy (non-hydrogen) atoms. The third-order valence-corrected chi connectivity index (χ3v) is 6.25. The minimum absolute atomic E-state index is 0.0524. The van der Waals surface area contributed by atoms with Gasteiger partial charge in [-0.15, -0.1) is 23.1 Å². The molecule has 0 saturated carbocycles. The lowest BCUT2D eigenvalue weighted by Crippen LogP contribution is -2.29. The lowest BCUT2D eigenvalue weighted by molar-refractivity contribution is -0.127. The molecule has 0 bridgehead atoms. The molecule has 0 spiro atoms. The van der Waals surface area contributed by atoms with Crippen LogP contribution in [0.2, 0.25) is 0 Å². The number of anilines is 1. The summed E-state index contributed by atoms with van der Waals surface area (Å²) in [4.78, 5) is 32.3. The molecule has 1 aliphatic rings. The van der Waals surface area contributed by atoms with Crippen LogP contribution in [0, 0.1) is 0 Å². The number of thioether (sulfide) groups is 1. The molecule has 1 aromatic heterocycles. The number of carbonyl (C=O) groups excluding carboxylic acids is 2. The number of hydrogen-bond donors (Lipinski definition) is 1. The van der Waals surface area contributed by atoms with Crippen molar-refractivity contribution in [2.75, 3.05) is 24.2 Å². The van der Waals surface area contributed by atoms with E-state index in [-0.39, 0.29) is 17.2 Å². The van der Waals surface area contributed by atoms with Gasteiger partial charge in [-0.1, -0.05) is 32.9 Å². The maximum absolute atomic E-state index is 12.7. The number of hydrogen-bond acceptors (Lipinski definition) is 5. The molecule has 1 aliphatic heterocycles. The Morgan fingerprint density at radius 2 is 1.93 bits per heavy atom. The maximum Gasteiger partial charge on any atom is 0.258 e. The predicted molar refractivity (Wildman–Crippen MR) is 112 cm³/mol. The van der Waals surface area contributed by atoms with Gasteiger partial charge in [0.25, 0.3) is 5.91 Å². The SMILES string of the molecule is CC(C)(C)c1csc(NC(=O)c2ccccc2SCC(=O)N2CCCC2)n1. The Bertz CT molecular complexity index is 821. The van der Waals surface area contributed by atoms with Crippen LogP contribution in [-0.4, -0.2) is 40.5 Å². The van der Waals surface area contributed by atoms with E-state index in [4.69, 9.17) is 0 Å². The maximum atomic E-state index is 12.7. The molecule has 1 fully saturated rings. The van der Waals surface area contributed by atoms with Gasteiger partial charge in [-0.2, -0.15) is 0 Å². The minimum atomic E-state index is -0.193. The van der Waals surface area contributed by atoms with Gasteiger partial charge in [0.1, 0.15) is 0 Å². The highest BCUT2D eigenvalue weighted by Gasteiger charge is 2.21. The van der Waals surface area contributed by atoms with Gasteiger partial charge in [-0.25, -0.2) is 4.98 Å². The quantitative estimate of drug-likeness (QED) is 0.751. The zero-order valence-electron chi connectivity index (χ0n) is 15.9. The fraction of sp³-hybridized carbons (Fsp3) is 0.450. The van der Waals surface area contributed by atoms with Crippen LogP contribution in [0.1, 0.15) is 49.7 Å². The van der Waals surface area contributed by atoms with Gasteiger partial charge in [0.2, 0.25) is 5.91 Å². The highest BCUT2D eigenvalue weighted by molar-refractivity contribution is 8.00. The summed E-state index contributed by atoms with van der Waals surface area (Å²) in [5.74, 6) is 0.305. The van der Waals surface area contributed by atoms with E-state index in [1.54, 1.807) is 6.07 Å². The summed E-state index contributed by atoms with van der Waals surface area (Å²) in [6, 6.07) is 7.40. The van der Waals surface area contributed by atoms with E-state index < -0.39 is 0 Å². The van der Waals surface area contributed by atoms with Gasteiger partial charge < -0.3 is 4.90 Å². The Balaban J connectivity index is 1.66. The second kappa shape index (κ2) is 8.44. The van der Waals surface area contributed by atoms with Crippen molar-refractivity contribution in [3.8, 4) is 0 Å². The summed E-state index contributed by atoms with van der Waals surface area (Å²) in [5, 5.41) is 5.47. The van der Waals surface area contributed by atoms with Gasteiger partial charge in [-0.05, 0) is 25.0 Å². The number of amides is 2. The molecule has 3 rings (SSSR count). The van der Waals surface area contributed by atoms with Crippen molar-refractivity contribution >= 4 is 40.0 Å². The number of thiazole rings is 1. The molecule has 2 amide bonds. The molecule has 0 unspecified atom stereocenters. The second-order valence-corrected chi connectivity index (χ2v) is 9.49. The van der Waals surface area contributed by atoms with E-state index in [1.165, 1.54) is 23.1 Å². The molecule has 7 heteroatoms. The first-order valence-electron chi connectivity index (χ1n) is 9.11. The van der Waals surface area contributed by atoms with E-state index in [1.807, 2.05) is 28.5 Å². The van der Waals surface area contributed by atoms with Crippen LogP contribution in [-0.2, 0) is 10.2 Å². The third kappa shape index (κ3) is 5.11. The first-order chi connectivity index (χ1) is 12.8. The topological polar surface area (TPSA) is 62.3 Å². The van der Waals surface area contributed by atoms with Crippen molar-refractivity contribution in [3.05, 3.63) is 40.9 Å². The molecular weight excluding hydrogens is 378 g/mol. The molecule has 1 aromatic carbocycles. The van der Waals surface area contributed by atoms with Crippen LogP contribution in [0.15, 0.2) is 34.5 Å². The average Bonchev–Trinajstić information content (AvgIpc) is 3.31. The number of rotatable bonds is 5. The first kappa shape index (κ1) is 19.9. The number of benzene rings is 1. The van der Waals surface area contributed by atoms with Crippen molar-refractivity contribution in [2.45, 2.75) is 43.9 Å².